The highest BCUT2D eigenvalue weighted by atomic mass is 32.2. The molecule has 1 atom stereocenters. The zero-order valence-corrected chi connectivity index (χ0v) is 19.5. The molecule has 0 saturated carbocycles. The van der Waals surface area contributed by atoms with Gasteiger partial charge in [-0.1, -0.05) is 36.4 Å². The number of para-hydroxylation sites is 1. The van der Waals surface area contributed by atoms with Crippen LogP contribution >= 0.6 is 11.8 Å². The van der Waals surface area contributed by atoms with E-state index in [1.54, 1.807) is 22.5 Å². The maximum Gasteiger partial charge on any atom is 0.257 e. The molecule has 1 fully saturated rings. The molecule has 0 N–H and O–H groups in total. The van der Waals surface area contributed by atoms with Crippen molar-refractivity contribution in [1.82, 2.24) is 9.29 Å². The summed E-state index contributed by atoms with van der Waals surface area (Å²) in [6, 6.07) is 12.7. The summed E-state index contributed by atoms with van der Waals surface area (Å²) in [5.74, 6) is 0.00979. The molecule has 7 nitrogen and oxygen atoms in total. The highest BCUT2D eigenvalue weighted by molar-refractivity contribution is 8.00. The van der Waals surface area contributed by atoms with Gasteiger partial charge in [-0.05, 0) is 56.0 Å². The standard InChI is InChI=1S/C23H25N3O4S2/c1-16(22(27)26-14-11-17-7-3-4-8-20(17)26)31-23-24-19-15-18(9-10-21(19)30-23)32(28,29)25-12-5-2-6-13-25/h3-4,7-10,15-16H,2,5-6,11-14H2,1H3. The van der Waals surface area contributed by atoms with Gasteiger partial charge in [-0.25, -0.2) is 13.4 Å². The number of nitrogens with zero attached hydrogens (tertiary/aromatic N) is 3. The van der Waals surface area contributed by atoms with Crippen molar-refractivity contribution in [2.45, 2.75) is 48.0 Å². The normalized spacial score (nSPS) is 18.1. The topological polar surface area (TPSA) is 83.7 Å². The predicted molar refractivity (Wildman–Crippen MR) is 124 cm³/mol. The van der Waals surface area contributed by atoms with E-state index in [2.05, 4.69) is 11.1 Å². The van der Waals surface area contributed by atoms with Crippen LogP contribution in [0.25, 0.3) is 11.1 Å². The zero-order valence-electron chi connectivity index (χ0n) is 17.9. The summed E-state index contributed by atoms with van der Waals surface area (Å²) >= 11 is 1.25. The third kappa shape index (κ3) is 3.93. The molecule has 3 aromatic rings. The van der Waals surface area contributed by atoms with E-state index in [9.17, 15) is 13.2 Å². The van der Waals surface area contributed by atoms with Crippen molar-refractivity contribution in [2.75, 3.05) is 24.5 Å². The number of oxazole rings is 1. The van der Waals surface area contributed by atoms with Crippen molar-refractivity contribution in [3.05, 3.63) is 48.0 Å². The van der Waals surface area contributed by atoms with Crippen LogP contribution in [-0.2, 0) is 21.2 Å². The number of carbonyl (C=O) groups is 1. The maximum absolute atomic E-state index is 13.0. The van der Waals surface area contributed by atoms with Crippen LogP contribution in [0.15, 0.2) is 57.0 Å². The second-order valence-electron chi connectivity index (χ2n) is 8.20. The summed E-state index contributed by atoms with van der Waals surface area (Å²) in [5.41, 5.74) is 3.14. The molecule has 0 spiro atoms. The molecule has 0 bridgehead atoms. The number of rotatable bonds is 5. The van der Waals surface area contributed by atoms with Gasteiger partial charge in [0.15, 0.2) is 5.58 Å². The number of aromatic nitrogens is 1. The fourth-order valence-electron chi connectivity index (χ4n) is 4.34. The Bertz CT molecular complexity index is 1270. The van der Waals surface area contributed by atoms with Crippen molar-refractivity contribution in [3.63, 3.8) is 0 Å². The number of amides is 1. The lowest BCUT2D eigenvalue weighted by molar-refractivity contribution is -0.117. The SMILES string of the molecule is CC(Sc1nc2cc(S(=O)(=O)N3CCCCC3)ccc2o1)C(=O)N1CCc2ccccc21. The van der Waals surface area contributed by atoms with E-state index >= 15 is 0 Å². The van der Waals surface area contributed by atoms with Crippen LogP contribution in [0.4, 0.5) is 5.69 Å². The molecule has 2 aromatic carbocycles. The summed E-state index contributed by atoms with van der Waals surface area (Å²) in [6.45, 7) is 3.63. The average molecular weight is 472 g/mol. The Morgan fingerprint density at radius 1 is 1.09 bits per heavy atom. The number of anilines is 1. The molecule has 1 amide bonds. The van der Waals surface area contributed by atoms with Crippen molar-refractivity contribution in [2.24, 2.45) is 0 Å². The lowest BCUT2D eigenvalue weighted by atomic mass is 10.2. The van der Waals surface area contributed by atoms with Crippen LogP contribution in [0, 0.1) is 0 Å². The van der Waals surface area contributed by atoms with E-state index in [-0.39, 0.29) is 16.1 Å². The highest BCUT2D eigenvalue weighted by Gasteiger charge is 2.30. The quantitative estimate of drug-likeness (QED) is 0.522. The van der Waals surface area contributed by atoms with Gasteiger partial charge in [-0.2, -0.15) is 4.31 Å². The first kappa shape index (κ1) is 21.5. The number of sulfonamides is 1. The minimum Gasteiger partial charge on any atom is -0.431 e. The van der Waals surface area contributed by atoms with Crippen LogP contribution < -0.4 is 4.90 Å². The molecule has 2 aliphatic heterocycles. The zero-order chi connectivity index (χ0) is 22.3. The molecule has 168 valence electrons. The van der Waals surface area contributed by atoms with E-state index in [0.29, 0.717) is 36.0 Å². The Morgan fingerprint density at radius 2 is 1.88 bits per heavy atom. The molecule has 32 heavy (non-hydrogen) atoms. The van der Waals surface area contributed by atoms with E-state index in [0.717, 1.165) is 31.4 Å². The Kier molecular flexibility index (Phi) is 5.73. The molecule has 3 heterocycles. The summed E-state index contributed by atoms with van der Waals surface area (Å²) in [5, 5.41) is -0.0216. The number of carbonyl (C=O) groups excluding carboxylic acids is 1. The minimum absolute atomic E-state index is 0.00979. The highest BCUT2D eigenvalue weighted by Crippen LogP contribution is 2.33. The van der Waals surface area contributed by atoms with Crippen molar-refractivity contribution in [1.29, 1.82) is 0 Å². The molecule has 1 aromatic heterocycles. The molecule has 1 saturated heterocycles. The maximum atomic E-state index is 13.0. The van der Waals surface area contributed by atoms with Gasteiger partial charge in [0.05, 0.1) is 10.1 Å². The number of fused-ring (bicyclic) bond motifs is 2. The van der Waals surface area contributed by atoms with E-state index in [4.69, 9.17) is 4.42 Å². The monoisotopic (exact) mass is 471 g/mol. The van der Waals surface area contributed by atoms with Crippen LogP contribution in [0.3, 0.4) is 0 Å². The smallest absolute Gasteiger partial charge is 0.257 e. The molecule has 0 aliphatic carbocycles. The van der Waals surface area contributed by atoms with Crippen LogP contribution in [0.5, 0.6) is 0 Å². The summed E-state index contributed by atoms with van der Waals surface area (Å²) in [7, 11) is -3.54. The van der Waals surface area contributed by atoms with Crippen molar-refractivity contribution in [3.8, 4) is 0 Å². The van der Waals surface area contributed by atoms with Crippen LogP contribution in [0.2, 0.25) is 0 Å². The van der Waals surface area contributed by atoms with Gasteiger partial charge in [0.1, 0.15) is 5.52 Å². The number of hydrogen-bond donors (Lipinski definition) is 0. The molecule has 5 rings (SSSR count). The third-order valence-electron chi connectivity index (χ3n) is 6.07. The lowest BCUT2D eigenvalue weighted by Gasteiger charge is -2.25. The first-order valence-electron chi connectivity index (χ1n) is 10.9. The average Bonchev–Trinajstić information content (AvgIpc) is 3.42. The number of hydrogen-bond acceptors (Lipinski definition) is 6. The number of benzene rings is 2. The van der Waals surface area contributed by atoms with Crippen LogP contribution in [-0.4, -0.2) is 48.5 Å². The molecule has 1 unspecified atom stereocenters. The second-order valence-corrected chi connectivity index (χ2v) is 11.4. The lowest BCUT2D eigenvalue weighted by Crippen LogP contribution is -2.35. The van der Waals surface area contributed by atoms with Gasteiger partial charge in [0.25, 0.3) is 5.22 Å². The van der Waals surface area contributed by atoms with Gasteiger partial charge in [0, 0.05) is 25.3 Å². The van der Waals surface area contributed by atoms with Crippen molar-refractivity contribution >= 4 is 44.5 Å². The van der Waals surface area contributed by atoms with Gasteiger partial charge < -0.3 is 9.32 Å². The first-order valence-corrected chi connectivity index (χ1v) is 13.2. The van der Waals surface area contributed by atoms with Gasteiger partial charge in [0.2, 0.25) is 15.9 Å². The van der Waals surface area contributed by atoms with E-state index in [1.165, 1.54) is 17.3 Å². The summed E-state index contributed by atoms with van der Waals surface area (Å²) in [6.07, 6.45) is 3.70. The minimum atomic E-state index is -3.54. The summed E-state index contributed by atoms with van der Waals surface area (Å²) in [4.78, 5) is 19.6. The van der Waals surface area contributed by atoms with E-state index in [1.807, 2.05) is 30.0 Å². The molecule has 9 heteroatoms. The van der Waals surface area contributed by atoms with E-state index < -0.39 is 10.0 Å². The van der Waals surface area contributed by atoms with Gasteiger partial charge in [-0.3, -0.25) is 4.79 Å². The Labute approximate surface area is 191 Å². The van der Waals surface area contributed by atoms with Gasteiger partial charge >= 0.3 is 0 Å². The Balaban J connectivity index is 1.34. The van der Waals surface area contributed by atoms with Crippen molar-refractivity contribution < 1.29 is 17.6 Å². The Morgan fingerprint density at radius 3 is 2.69 bits per heavy atom. The fraction of sp³-hybridized carbons (Fsp3) is 0.391. The predicted octanol–water partition coefficient (Wildman–Crippen LogP) is 4.07. The Hall–Kier alpha value is -2.36. The first-order chi connectivity index (χ1) is 15.4. The molecular formula is C23H25N3O4S2. The largest absolute Gasteiger partial charge is 0.431 e. The van der Waals surface area contributed by atoms with Crippen LogP contribution in [0.1, 0.15) is 31.7 Å². The third-order valence-corrected chi connectivity index (χ3v) is 8.90. The van der Waals surface area contributed by atoms with Gasteiger partial charge in [-0.15, -0.1) is 0 Å². The second kappa shape index (κ2) is 8.53. The fourth-order valence-corrected chi connectivity index (χ4v) is 6.70. The molecule has 0 radical (unpaired) electrons. The number of piperidine rings is 1. The molecule has 2 aliphatic rings. The summed E-state index contributed by atoms with van der Waals surface area (Å²) < 4.78 is 33.3. The number of thioether (sulfide) groups is 1. The molecular weight excluding hydrogens is 446 g/mol.